The van der Waals surface area contributed by atoms with Crippen molar-refractivity contribution < 1.29 is 8.42 Å². The minimum Gasteiger partial charge on any atom is -0.324 e. The van der Waals surface area contributed by atoms with E-state index in [0.29, 0.717) is 18.2 Å². The van der Waals surface area contributed by atoms with Crippen LogP contribution in [-0.2, 0) is 10.0 Å². The van der Waals surface area contributed by atoms with Crippen LogP contribution in [0.3, 0.4) is 0 Å². The molecule has 0 aromatic heterocycles. The van der Waals surface area contributed by atoms with Crippen molar-refractivity contribution in [3.63, 3.8) is 0 Å². The average molecular weight is 241 g/mol. The van der Waals surface area contributed by atoms with Crippen LogP contribution in [0.15, 0.2) is 29.2 Å². The molecule has 0 spiro atoms. The van der Waals surface area contributed by atoms with E-state index >= 15 is 0 Å². The van der Waals surface area contributed by atoms with Crippen molar-refractivity contribution in [1.82, 2.24) is 4.72 Å². The van der Waals surface area contributed by atoms with E-state index < -0.39 is 10.0 Å². The monoisotopic (exact) mass is 241 g/mol. The van der Waals surface area contributed by atoms with Gasteiger partial charge in [-0.15, -0.1) is 0 Å². The van der Waals surface area contributed by atoms with Gasteiger partial charge in [0.15, 0.2) is 0 Å². The maximum Gasteiger partial charge on any atom is 0.240 e. The first-order chi connectivity index (χ1) is 7.62. The van der Waals surface area contributed by atoms with Crippen molar-refractivity contribution in [3.8, 4) is 0 Å². The highest BCUT2D eigenvalue weighted by Crippen LogP contribution is 2.28. The molecular weight excluding hydrogens is 226 g/mol. The second-order valence-electron chi connectivity index (χ2n) is 3.96. The van der Waals surface area contributed by atoms with Crippen molar-refractivity contribution in [2.24, 2.45) is 11.8 Å². The largest absolute Gasteiger partial charge is 0.324 e. The molecule has 0 heterocycles. The molecule has 0 saturated heterocycles. The Bertz CT molecular complexity index is 451. The number of sulfonamides is 1. The molecule has 2 rings (SSSR count). The zero-order valence-corrected chi connectivity index (χ0v) is 9.63. The summed E-state index contributed by atoms with van der Waals surface area (Å²) >= 11 is 0. The van der Waals surface area contributed by atoms with Gasteiger partial charge in [-0.1, -0.05) is 0 Å². The summed E-state index contributed by atoms with van der Waals surface area (Å²) in [5.74, 6) is 5.73. The Morgan fingerprint density at radius 2 is 1.88 bits per heavy atom. The third-order valence-electron chi connectivity index (χ3n) is 2.59. The zero-order chi connectivity index (χ0) is 11.6. The normalized spacial score (nSPS) is 16.1. The van der Waals surface area contributed by atoms with E-state index in [9.17, 15) is 8.42 Å². The highest BCUT2D eigenvalue weighted by Gasteiger charge is 2.24. The van der Waals surface area contributed by atoms with Gasteiger partial charge in [-0.25, -0.2) is 13.1 Å². The Labute approximate surface area is 95.1 Å². The topological polar surface area (TPSA) is 84.2 Å². The molecule has 16 heavy (non-hydrogen) atoms. The highest BCUT2D eigenvalue weighted by molar-refractivity contribution is 7.89. The Hall–Kier alpha value is -1.11. The number of nitrogens with one attached hydrogen (secondary N) is 2. The number of rotatable bonds is 5. The van der Waals surface area contributed by atoms with Gasteiger partial charge in [-0.2, -0.15) is 0 Å². The molecule has 4 N–H and O–H groups in total. The summed E-state index contributed by atoms with van der Waals surface area (Å²) in [5, 5.41) is 0. The second kappa shape index (κ2) is 4.40. The first-order valence-electron chi connectivity index (χ1n) is 5.18. The maximum atomic E-state index is 11.8. The molecule has 1 saturated carbocycles. The van der Waals surface area contributed by atoms with Crippen LogP contribution in [0.25, 0.3) is 0 Å². The number of hydrogen-bond donors (Lipinski definition) is 3. The van der Waals surface area contributed by atoms with Crippen LogP contribution in [0.5, 0.6) is 0 Å². The molecule has 0 bridgehead atoms. The Morgan fingerprint density at radius 1 is 1.25 bits per heavy atom. The van der Waals surface area contributed by atoms with Crippen LogP contribution in [0.1, 0.15) is 12.8 Å². The van der Waals surface area contributed by atoms with Gasteiger partial charge >= 0.3 is 0 Å². The van der Waals surface area contributed by atoms with Crippen LogP contribution in [0, 0.1) is 5.92 Å². The molecule has 1 aliphatic rings. The molecule has 0 atom stereocenters. The van der Waals surface area contributed by atoms with Crippen molar-refractivity contribution in [2.45, 2.75) is 17.7 Å². The molecule has 88 valence electrons. The summed E-state index contributed by atoms with van der Waals surface area (Å²) < 4.78 is 26.2. The van der Waals surface area contributed by atoms with Gasteiger partial charge in [0.1, 0.15) is 0 Å². The first kappa shape index (κ1) is 11.4. The smallest absolute Gasteiger partial charge is 0.240 e. The van der Waals surface area contributed by atoms with Crippen molar-refractivity contribution >= 4 is 15.7 Å². The fraction of sp³-hybridized carbons (Fsp3) is 0.400. The van der Waals surface area contributed by atoms with Gasteiger partial charge in [0, 0.05) is 12.2 Å². The maximum absolute atomic E-state index is 11.8. The third-order valence-corrected chi connectivity index (χ3v) is 4.03. The molecule has 0 amide bonds. The van der Waals surface area contributed by atoms with Gasteiger partial charge in [-0.3, -0.25) is 5.84 Å². The van der Waals surface area contributed by atoms with Gasteiger partial charge in [0.25, 0.3) is 0 Å². The third kappa shape index (κ3) is 2.72. The average Bonchev–Trinajstić information content (AvgIpc) is 3.10. The van der Waals surface area contributed by atoms with Crippen LogP contribution >= 0.6 is 0 Å². The predicted octanol–water partition coefficient (Wildman–Crippen LogP) is 0.660. The molecule has 1 aliphatic carbocycles. The molecular formula is C10H15N3O2S. The minimum absolute atomic E-state index is 0.271. The summed E-state index contributed by atoms with van der Waals surface area (Å²) in [5.41, 5.74) is 3.13. The first-order valence-corrected chi connectivity index (χ1v) is 6.66. The second-order valence-corrected chi connectivity index (χ2v) is 5.73. The number of anilines is 1. The summed E-state index contributed by atoms with van der Waals surface area (Å²) in [6.07, 6.45) is 2.25. The SMILES string of the molecule is NNc1ccc(S(=O)(=O)NCC2CC2)cc1. The molecule has 1 aromatic rings. The van der Waals surface area contributed by atoms with Crippen LogP contribution in [0.4, 0.5) is 5.69 Å². The fourth-order valence-corrected chi connectivity index (χ4v) is 2.48. The number of nitrogens with two attached hydrogens (primary N) is 1. The lowest BCUT2D eigenvalue weighted by molar-refractivity contribution is 0.577. The molecule has 6 heteroatoms. The van der Waals surface area contributed by atoms with E-state index in [1.54, 1.807) is 12.1 Å². The lowest BCUT2D eigenvalue weighted by Gasteiger charge is -2.06. The summed E-state index contributed by atoms with van der Waals surface area (Å²) in [6.45, 7) is 0.541. The molecule has 1 fully saturated rings. The molecule has 0 unspecified atom stereocenters. The van der Waals surface area contributed by atoms with Gasteiger partial charge in [0.05, 0.1) is 4.90 Å². The van der Waals surface area contributed by atoms with Gasteiger partial charge in [-0.05, 0) is 43.0 Å². The number of hydrazine groups is 1. The quantitative estimate of drug-likeness (QED) is 0.522. The number of nitrogen functional groups attached to an aromatic ring is 1. The van der Waals surface area contributed by atoms with E-state index in [1.807, 2.05) is 0 Å². The minimum atomic E-state index is -3.36. The van der Waals surface area contributed by atoms with E-state index in [1.165, 1.54) is 12.1 Å². The van der Waals surface area contributed by atoms with E-state index in [0.717, 1.165) is 12.8 Å². The van der Waals surface area contributed by atoms with Crippen LogP contribution < -0.4 is 16.0 Å². The van der Waals surface area contributed by atoms with E-state index in [2.05, 4.69) is 10.1 Å². The molecule has 1 aromatic carbocycles. The lowest BCUT2D eigenvalue weighted by atomic mass is 10.3. The van der Waals surface area contributed by atoms with Gasteiger partial charge in [0.2, 0.25) is 10.0 Å². The van der Waals surface area contributed by atoms with Crippen LogP contribution in [-0.4, -0.2) is 15.0 Å². The zero-order valence-electron chi connectivity index (χ0n) is 8.81. The number of benzene rings is 1. The predicted molar refractivity (Wildman–Crippen MR) is 62.2 cm³/mol. The fourth-order valence-electron chi connectivity index (χ4n) is 1.36. The van der Waals surface area contributed by atoms with Crippen molar-refractivity contribution in [2.75, 3.05) is 12.0 Å². The Morgan fingerprint density at radius 3 is 2.38 bits per heavy atom. The Kier molecular flexibility index (Phi) is 3.13. The summed E-state index contributed by atoms with van der Waals surface area (Å²) in [6, 6.07) is 6.33. The summed E-state index contributed by atoms with van der Waals surface area (Å²) in [7, 11) is -3.36. The van der Waals surface area contributed by atoms with E-state index in [-0.39, 0.29) is 4.90 Å². The van der Waals surface area contributed by atoms with Crippen molar-refractivity contribution in [3.05, 3.63) is 24.3 Å². The standard InChI is InChI=1S/C10H15N3O2S/c11-13-9-3-5-10(6-4-9)16(14,15)12-7-8-1-2-8/h3-6,8,12-13H,1-2,7,11H2. The van der Waals surface area contributed by atoms with E-state index in [4.69, 9.17) is 5.84 Å². The summed E-state index contributed by atoms with van der Waals surface area (Å²) in [4.78, 5) is 0.271. The van der Waals surface area contributed by atoms with Crippen molar-refractivity contribution in [1.29, 1.82) is 0 Å². The molecule has 0 aliphatic heterocycles. The number of hydrogen-bond acceptors (Lipinski definition) is 4. The van der Waals surface area contributed by atoms with Crippen LogP contribution in [0.2, 0.25) is 0 Å². The molecule has 5 nitrogen and oxygen atoms in total. The highest BCUT2D eigenvalue weighted by atomic mass is 32.2. The Balaban J connectivity index is 2.07. The lowest BCUT2D eigenvalue weighted by Crippen LogP contribution is -2.25. The van der Waals surface area contributed by atoms with Gasteiger partial charge < -0.3 is 5.43 Å². The molecule has 0 radical (unpaired) electrons.